The first-order valence-electron chi connectivity index (χ1n) is 7.28. The molecule has 4 heteroatoms. The normalized spacial score (nSPS) is 24.9. The Labute approximate surface area is 110 Å². The summed E-state index contributed by atoms with van der Waals surface area (Å²) >= 11 is 0. The van der Waals surface area contributed by atoms with Crippen molar-refractivity contribution >= 4 is 5.91 Å². The van der Waals surface area contributed by atoms with E-state index in [9.17, 15) is 4.79 Å². The summed E-state index contributed by atoms with van der Waals surface area (Å²) in [4.78, 5) is 14.4. The van der Waals surface area contributed by atoms with Crippen molar-refractivity contribution < 1.29 is 4.79 Å². The van der Waals surface area contributed by atoms with Crippen LogP contribution in [0.1, 0.15) is 33.6 Å². The molecule has 1 unspecified atom stereocenters. The molecule has 4 nitrogen and oxygen atoms in total. The fraction of sp³-hybridized carbons (Fsp3) is 0.929. The molecule has 18 heavy (non-hydrogen) atoms. The number of rotatable bonds is 5. The number of nitrogens with one attached hydrogen (secondary N) is 2. The van der Waals surface area contributed by atoms with Gasteiger partial charge in [0.15, 0.2) is 0 Å². The van der Waals surface area contributed by atoms with Crippen LogP contribution in [0.3, 0.4) is 0 Å². The minimum absolute atomic E-state index is 0.00932. The standard InChI is InChI=1S/C14H27N3O/c1-11(2)14(4-5-14)10-16-13(18)12(3)17-8-6-15-7-9-17/h11-12,15H,4-10H2,1-3H3,(H,16,18). The molecule has 0 radical (unpaired) electrons. The van der Waals surface area contributed by atoms with Gasteiger partial charge in [-0.05, 0) is 31.1 Å². The highest BCUT2D eigenvalue weighted by molar-refractivity contribution is 5.81. The third kappa shape index (κ3) is 3.04. The number of carbonyl (C=O) groups is 1. The maximum atomic E-state index is 12.2. The Kier molecular flexibility index (Phi) is 4.28. The highest BCUT2D eigenvalue weighted by Crippen LogP contribution is 2.51. The van der Waals surface area contributed by atoms with Crippen LogP contribution in [0, 0.1) is 11.3 Å². The number of amides is 1. The molecule has 1 amide bonds. The summed E-state index contributed by atoms with van der Waals surface area (Å²) in [7, 11) is 0. The van der Waals surface area contributed by atoms with Crippen LogP contribution in [-0.4, -0.2) is 49.6 Å². The highest BCUT2D eigenvalue weighted by Gasteiger charge is 2.45. The number of hydrogen-bond acceptors (Lipinski definition) is 3. The van der Waals surface area contributed by atoms with Crippen LogP contribution in [0.2, 0.25) is 0 Å². The summed E-state index contributed by atoms with van der Waals surface area (Å²) < 4.78 is 0. The lowest BCUT2D eigenvalue weighted by Gasteiger charge is -2.32. The molecule has 0 bridgehead atoms. The van der Waals surface area contributed by atoms with Gasteiger partial charge in [0.25, 0.3) is 0 Å². The van der Waals surface area contributed by atoms with E-state index in [4.69, 9.17) is 0 Å². The van der Waals surface area contributed by atoms with Crippen LogP contribution >= 0.6 is 0 Å². The van der Waals surface area contributed by atoms with Crippen LogP contribution in [0.15, 0.2) is 0 Å². The highest BCUT2D eigenvalue weighted by atomic mass is 16.2. The van der Waals surface area contributed by atoms with Crippen molar-refractivity contribution in [3.05, 3.63) is 0 Å². The Morgan fingerprint density at radius 1 is 1.28 bits per heavy atom. The smallest absolute Gasteiger partial charge is 0.237 e. The van der Waals surface area contributed by atoms with Crippen molar-refractivity contribution in [1.29, 1.82) is 0 Å². The Morgan fingerprint density at radius 3 is 2.39 bits per heavy atom. The topological polar surface area (TPSA) is 44.4 Å². The van der Waals surface area contributed by atoms with Crippen molar-refractivity contribution in [3.8, 4) is 0 Å². The summed E-state index contributed by atoms with van der Waals surface area (Å²) in [5.74, 6) is 0.871. The minimum Gasteiger partial charge on any atom is -0.354 e. The molecule has 1 heterocycles. The molecule has 0 aromatic rings. The summed E-state index contributed by atoms with van der Waals surface area (Å²) in [6.45, 7) is 11.3. The van der Waals surface area contributed by atoms with Gasteiger partial charge in [-0.3, -0.25) is 9.69 Å². The van der Waals surface area contributed by atoms with Gasteiger partial charge in [0.05, 0.1) is 6.04 Å². The Balaban J connectivity index is 1.77. The van der Waals surface area contributed by atoms with E-state index in [2.05, 4.69) is 29.4 Å². The van der Waals surface area contributed by atoms with Gasteiger partial charge in [-0.1, -0.05) is 13.8 Å². The number of hydrogen-bond donors (Lipinski definition) is 2. The number of carbonyl (C=O) groups excluding carboxylic acids is 1. The molecule has 2 rings (SSSR count). The lowest BCUT2D eigenvalue weighted by atomic mass is 9.92. The molecule has 1 aliphatic heterocycles. The molecule has 1 atom stereocenters. The van der Waals surface area contributed by atoms with Crippen LogP contribution < -0.4 is 10.6 Å². The van der Waals surface area contributed by atoms with Crippen molar-refractivity contribution in [2.75, 3.05) is 32.7 Å². The molecule has 1 aliphatic carbocycles. The third-order valence-electron chi connectivity index (χ3n) is 4.81. The third-order valence-corrected chi connectivity index (χ3v) is 4.81. The maximum absolute atomic E-state index is 12.2. The molecule has 0 aromatic carbocycles. The Morgan fingerprint density at radius 2 is 1.89 bits per heavy atom. The van der Waals surface area contributed by atoms with Crippen molar-refractivity contribution in [2.45, 2.75) is 39.7 Å². The van der Waals surface area contributed by atoms with E-state index in [0.717, 1.165) is 32.7 Å². The summed E-state index contributed by atoms with van der Waals surface area (Å²) in [5.41, 5.74) is 0.402. The Bertz CT molecular complexity index is 293. The first-order valence-corrected chi connectivity index (χ1v) is 7.28. The Hall–Kier alpha value is -0.610. The minimum atomic E-state index is 0.00932. The predicted octanol–water partition coefficient (Wildman–Crippen LogP) is 0.833. The van der Waals surface area contributed by atoms with E-state index in [1.165, 1.54) is 12.8 Å². The second-order valence-corrected chi connectivity index (χ2v) is 6.20. The fourth-order valence-electron chi connectivity index (χ4n) is 2.76. The summed E-state index contributed by atoms with van der Waals surface area (Å²) in [5, 5.41) is 6.48. The van der Waals surface area contributed by atoms with E-state index in [0.29, 0.717) is 11.3 Å². The molecule has 1 saturated heterocycles. The van der Waals surface area contributed by atoms with E-state index >= 15 is 0 Å². The van der Waals surface area contributed by atoms with Gasteiger partial charge in [0.1, 0.15) is 0 Å². The van der Waals surface area contributed by atoms with Crippen LogP contribution in [0.5, 0.6) is 0 Å². The molecule has 2 N–H and O–H groups in total. The fourth-order valence-corrected chi connectivity index (χ4v) is 2.76. The van der Waals surface area contributed by atoms with Gasteiger partial charge in [-0.25, -0.2) is 0 Å². The monoisotopic (exact) mass is 253 g/mol. The maximum Gasteiger partial charge on any atom is 0.237 e. The van der Waals surface area contributed by atoms with E-state index < -0.39 is 0 Å². The molecule has 2 aliphatic rings. The van der Waals surface area contributed by atoms with E-state index in [1.54, 1.807) is 0 Å². The second kappa shape index (κ2) is 5.57. The number of nitrogens with zero attached hydrogens (tertiary/aromatic N) is 1. The van der Waals surface area contributed by atoms with E-state index in [-0.39, 0.29) is 11.9 Å². The predicted molar refractivity (Wildman–Crippen MR) is 73.4 cm³/mol. The van der Waals surface area contributed by atoms with Crippen LogP contribution in [0.4, 0.5) is 0 Å². The molecule has 2 fully saturated rings. The summed E-state index contributed by atoms with van der Waals surface area (Å²) in [6.07, 6.45) is 2.54. The van der Waals surface area contributed by atoms with Crippen molar-refractivity contribution in [2.24, 2.45) is 11.3 Å². The average molecular weight is 253 g/mol. The molecular formula is C14H27N3O. The van der Waals surface area contributed by atoms with Gasteiger partial charge < -0.3 is 10.6 Å². The molecule has 0 spiro atoms. The van der Waals surface area contributed by atoms with E-state index in [1.807, 2.05) is 6.92 Å². The van der Waals surface area contributed by atoms with Gasteiger partial charge in [-0.15, -0.1) is 0 Å². The molecule has 104 valence electrons. The lowest BCUT2D eigenvalue weighted by molar-refractivity contribution is -0.126. The lowest BCUT2D eigenvalue weighted by Crippen LogP contribution is -2.53. The zero-order chi connectivity index (χ0) is 13.2. The quantitative estimate of drug-likeness (QED) is 0.763. The van der Waals surface area contributed by atoms with Crippen LogP contribution in [0.25, 0.3) is 0 Å². The van der Waals surface area contributed by atoms with Crippen molar-refractivity contribution in [1.82, 2.24) is 15.5 Å². The number of piperazine rings is 1. The van der Waals surface area contributed by atoms with Gasteiger partial charge in [0, 0.05) is 32.7 Å². The first kappa shape index (κ1) is 13.8. The van der Waals surface area contributed by atoms with Gasteiger partial charge >= 0.3 is 0 Å². The van der Waals surface area contributed by atoms with Crippen molar-refractivity contribution in [3.63, 3.8) is 0 Å². The van der Waals surface area contributed by atoms with Gasteiger partial charge in [0.2, 0.25) is 5.91 Å². The zero-order valence-electron chi connectivity index (χ0n) is 12.0. The first-order chi connectivity index (χ1) is 8.55. The SMILES string of the molecule is CC(C(=O)NCC1(C(C)C)CC1)N1CCNCC1. The summed E-state index contributed by atoms with van der Waals surface area (Å²) in [6, 6.07) is 0.00932. The molecule has 0 aromatic heterocycles. The van der Waals surface area contributed by atoms with Gasteiger partial charge in [-0.2, -0.15) is 0 Å². The average Bonchev–Trinajstić information content (AvgIpc) is 3.17. The molecular weight excluding hydrogens is 226 g/mol. The zero-order valence-corrected chi connectivity index (χ0v) is 12.0. The van der Waals surface area contributed by atoms with Crippen LogP contribution in [-0.2, 0) is 4.79 Å². The molecule has 1 saturated carbocycles. The largest absolute Gasteiger partial charge is 0.354 e. The second-order valence-electron chi connectivity index (χ2n) is 6.20.